The van der Waals surface area contributed by atoms with Crippen molar-refractivity contribution in [3.05, 3.63) is 35.6 Å². The highest BCUT2D eigenvalue weighted by Gasteiger charge is 2.24. The molecule has 0 aliphatic rings. The first-order chi connectivity index (χ1) is 9.69. The molecule has 0 amide bonds. The molecule has 2 rings (SSSR count). The summed E-state index contributed by atoms with van der Waals surface area (Å²) in [6.45, 7) is 7.28. The third kappa shape index (κ3) is 3.22. The van der Waals surface area contributed by atoms with Crippen molar-refractivity contribution < 1.29 is 9.15 Å². The molecule has 0 saturated heterocycles. The Morgan fingerprint density at radius 3 is 2.70 bits per heavy atom. The van der Waals surface area contributed by atoms with Crippen molar-refractivity contribution in [3.63, 3.8) is 0 Å². The Balaban J connectivity index is 2.34. The Bertz CT molecular complexity index is 547. The van der Waals surface area contributed by atoms with Gasteiger partial charge >= 0.3 is 0 Å². The largest absolute Gasteiger partial charge is 0.459 e. The minimum atomic E-state index is 0.109. The maximum atomic E-state index is 6.02. The number of ether oxygens (including phenoxy) is 1. The topological polar surface area (TPSA) is 34.4 Å². The lowest BCUT2D eigenvalue weighted by Crippen LogP contribution is -2.32. The van der Waals surface area contributed by atoms with E-state index in [1.165, 1.54) is 5.56 Å². The monoisotopic (exact) mass is 275 g/mol. The molecule has 0 radical (unpaired) electrons. The number of benzene rings is 1. The first kappa shape index (κ1) is 15.1. The van der Waals surface area contributed by atoms with Gasteiger partial charge in [-0.05, 0) is 38.1 Å². The first-order valence-electron chi connectivity index (χ1n) is 7.45. The van der Waals surface area contributed by atoms with Crippen LogP contribution in [0.25, 0.3) is 11.0 Å². The molecule has 2 atom stereocenters. The highest BCUT2D eigenvalue weighted by molar-refractivity contribution is 5.78. The van der Waals surface area contributed by atoms with E-state index in [0.29, 0.717) is 0 Å². The summed E-state index contributed by atoms with van der Waals surface area (Å²) in [5, 5.41) is 4.65. The standard InChI is InChI=1S/C17H25NO2/c1-5-7-15(19-4)17(18-6-2)16-11-13-10-12(3)8-9-14(13)20-16/h8-11,15,17-18H,5-7H2,1-4H3. The van der Waals surface area contributed by atoms with Gasteiger partial charge in [-0.15, -0.1) is 0 Å². The number of hydrogen-bond donors (Lipinski definition) is 1. The van der Waals surface area contributed by atoms with Crippen LogP contribution in [0.1, 0.15) is 44.1 Å². The van der Waals surface area contributed by atoms with E-state index in [4.69, 9.17) is 9.15 Å². The number of likely N-dealkylation sites (N-methyl/N-ethyl adjacent to an activating group) is 1. The van der Waals surface area contributed by atoms with Gasteiger partial charge in [-0.25, -0.2) is 0 Å². The lowest BCUT2D eigenvalue weighted by Gasteiger charge is -2.24. The van der Waals surface area contributed by atoms with E-state index in [9.17, 15) is 0 Å². The normalized spacial score (nSPS) is 14.6. The molecular formula is C17H25NO2. The predicted molar refractivity (Wildman–Crippen MR) is 83.1 cm³/mol. The SMILES string of the molecule is CCCC(OC)C(NCC)c1cc2cc(C)ccc2o1. The van der Waals surface area contributed by atoms with Gasteiger partial charge in [0, 0.05) is 12.5 Å². The van der Waals surface area contributed by atoms with Crippen molar-refractivity contribution in [1.82, 2.24) is 5.32 Å². The third-order valence-electron chi connectivity index (χ3n) is 3.67. The van der Waals surface area contributed by atoms with Crippen molar-refractivity contribution in [2.45, 2.75) is 45.8 Å². The Morgan fingerprint density at radius 1 is 1.25 bits per heavy atom. The fourth-order valence-electron chi connectivity index (χ4n) is 2.68. The summed E-state index contributed by atoms with van der Waals surface area (Å²) in [5.74, 6) is 0.966. The van der Waals surface area contributed by atoms with Crippen LogP contribution in [0.2, 0.25) is 0 Å². The van der Waals surface area contributed by atoms with E-state index in [1.54, 1.807) is 7.11 Å². The molecule has 0 spiro atoms. The van der Waals surface area contributed by atoms with Crippen molar-refractivity contribution >= 4 is 11.0 Å². The third-order valence-corrected chi connectivity index (χ3v) is 3.67. The molecule has 1 N–H and O–H groups in total. The molecule has 0 aliphatic heterocycles. The summed E-state index contributed by atoms with van der Waals surface area (Å²) >= 11 is 0. The molecule has 2 unspecified atom stereocenters. The number of rotatable bonds is 7. The van der Waals surface area contributed by atoms with Gasteiger partial charge in [-0.1, -0.05) is 31.9 Å². The molecule has 0 fully saturated rings. The van der Waals surface area contributed by atoms with E-state index in [2.05, 4.69) is 44.3 Å². The van der Waals surface area contributed by atoms with E-state index >= 15 is 0 Å². The summed E-state index contributed by atoms with van der Waals surface area (Å²) < 4.78 is 11.7. The van der Waals surface area contributed by atoms with E-state index in [0.717, 1.165) is 36.1 Å². The number of methoxy groups -OCH3 is 1. The van der Waals surface area contributed by atoms with Crippen molar-refractivity contribution in [3.8, 4) is 0 Å². The summed E-state index contributed by atoms with van der Waals surface area (Å²) in [5.41, 5.74) is 2.20. The second kappa shape index (κ2) is 6.91. The Hall–Kier alpha value is -1.32. The minimum absolute atomic E-state index is 0.109. The molecule has 3 nitrogen and oxygen atoms in total. The van der Waals surface area contributed by atoms with Crippen LogP contribution in [0.4, 0.5) is 0 Å². The molecule has 3 heteroatoms. The Morgan fingerprint density at radius 2 is 2.05 bits per heavy atom. The summed E-state index contributed by atoms with van der Waals surface area (Å²) in [7, 11) is 1.78. The maximum Gasteiger partial charge on any atom is 0.134 e. The zero-order valence-electron chi connectivity index (χ0n) is 12.9. The number of fused-ring (bicyclic) bond motifs is 1. The van der Waals surface area contributed by atoms with Crippen LogP contribution in [-0.2, 0) is 4.74 Å². The fraction of sp³-hybridized carbons (Fsp3) is 0.529. The Kier molecular flexibility index (Phi) is 5.21. The van der Waals surface area contributed by atoms with Gasteiger partial charge in [0.15, 0.2) is 0 Å². The van der Waals surface area contributed by atoms with Crippen LogP contribution < -0.4 is 5.32 Å². The molecule has 0 aliphatic carbocycles. The van der Waals surface area contributed by atoms with Gasteiger partial charge in [-0.2, -0.15) is 0 Å². The lowest BCUT2D eigenvalue weighted by molar-refractivity contribution is 0.0547. The highest BCUT2D eigenvalue weighted by atomic mass is 16.5. The first-order valence-corrected chi connectivity index (χ1v) is 7.45. The van der Waals surface area contributed by atoms with Crippen LogP contribution in [0.3, 0.4) is 0 Å². The van der Waals surface area contributed by atoms with Gasteiger partial charge in [0.25, 0.3) is 0 Å². The molecular weight excluding hydrogens is 250 g/mol. The summed E-state index contributed by atoms with van der Waals surface area (Å²) in [6, 6.07) is 8.53. The molecule has 110 valence electrons. The van der Waals surface area contributed by atoms with Crippen LogP contribution in [-0.4, -0.2) is 19.8 Å². The van der Waals surface area contributed by atoms with Crippen LogP contribution in [0.5, 0.6) is 0 Å². The van der Waals surface area contributed by atoms with Gasteiger partial charge in [0.05, 0.1) is 12.1 Å². The highest BCUT2D eigenvalue weighted by Crippen LogP contribution is 2.29. The Labute approximate surface area is 121 Å². The van der Waals surface area contributed by atoms with Crippen molar-refractivity contribution in [1.29, 1.82) is 0 Å². The molecule has 1 aromatic heterocycles. The molecule has 1 aromatic carbocycles. The minimum Gasteiger partial charge on any atom is -0.459 e. The maximum absolute atomic E-state index is 6.02. The number of nitrogens with one attached hydrogen (secondary N) is 1. The number of aryl methyl sites for hydroxylation is 1. The molecule has 2 aromatic rings. The van der Waals surface area contributed by atoms with E-state index in [1.807, 2.05) is 6.07 Å². The van der Waals surface area contributed by atoms with Gasteiger partial charge in [-0.3, -0.25) is 0 Å². The molecule has 1 heterocycles. The quantitative estimate of drug-likeness (QED) is 0.822. The van der Waals surface area contributed by atoms with Gasteiger partial charge < -0.3 is 14.5 Å². The second-order valence-corrected chi connectivity index (χ2v) is 5.29. The fourth-order valence-corrected chi connectivity index (χ4v) is 2.68. The average molecular weight is 275 g/mol. The number of furan rings is 1. The molecule has 0 bridgehead atoms. The van der Waals surface area contributed by atoms with Crippen LogP contribution in [0.15, 0.2) is 28.7 Å². The van der Waals surface area contributed by atoms with Gasteiger partial charge in [0.2, 0.25) is 0 Å². The van der Waals surface area contributed by atoms with E-state index in [-0.39, 0.29) is 12.1 Å². The van der Waals surface area contributed by atoms with Crippen LogP contribution in [0, 0.1) is 6.92 Å². The number of hydrogen-bond acceptors (Lipinski definition) is 3. The average Bonchev–Trinajstić information content (AvgIpc) is 2.85. The van der Waals surface area contributed by atoms with Crippen molar-refractivity contribution in [2.75, 3.05) is 13.7 Å². The zero-order valence-corrected chi connectivity index (χ0v) is 12.9. The smallest absolute Gasteiger partial charge is 0.134 e. The van der Waals surface area contributed by atoms with Crippen molar-refractivity contribution in [2.24, 2.45) is 0 Å². The zero-order chi connectivity index (χ0) is 14.5. The summed E-state index contributed by atoms with van der Waals surface area (Å²) in [6.07, 6.45) is 2.26. The van der Waals surface area contributed by atoms with Crippen LogP contribution >= 0.6 is 0 Å². The molecule has 20 heavy (non-hydrogen) atoms. The summed E-state index contributed by atoms with van der Waals surface area (Å²) in [4.78, 5) is 0. The second-order valence-electron chi connectivity index (χ2n) is 5.29. The van der Waals surface area contributed by atoms with Gasteiger partial charge in [0.1, 0.15) is 11.3 Å². The predicted octanol–water partition coefficient (Wildman–Crippen LogP) is 4.21. The van der Waals surface area contributed by atoms with E-state index < -0.39 is 0 Å². The molecule has 0 saturated carbocycles. The lowest BCUT2D eigenvalue weighted by atomic mass is 10.0.